The fourth-order valence-electron chi connectivity index (χ4n) is 8.44. The summed E-state index contributed by atoms with van der Waals surface area (Å²) in [6, 6.07) is 18.4. The zero-order valence-electron chi connectivity index (χ0n) is 24.5. The maximum atomic E-state index is 5.75. The molecule has 0 aromatic heterocycles. The van der Waals surface area contributed by atoms with Gasteiger partial charge in [-0.25, -0.2) is 0 Å². The minimum absolute atomic E-state index is 0.305. The molecular formula is C37H52O. The summed E-state index contributed by atoms with van der Waals surface area (Å²) in [5, 5.41) is 0. The summed E-state index contributed by atoms with van der Waals surface area (Å²) in [6.07, 6.45) is 23.6. The summed E-state index contributed by atoms with van der Waals surface area (Å²) < 4.78 is 5.75. The van der Waals surface area contributed by atoms with E-state index in [0.717, 1.165) is 36.5 Å². The van der Waals surface area contributed by atoms with Crippen molar-refractivity contribution in [2.24, 2.45) is 23.2 Å². The lowest BCUT2D eigenvalue weighted by Crippen LogP contribution is -2.54. The van der Waals surface area contributed by atoms with Crippen molar-refractivity contribution in [1.29, 1.82) is 0 Å². The molecule has 4 aliphatic rings. The molecule has 0 amide bonds. The second-order valence-corrected chi connectivity index (χ2v) is 13.6. The van der Waals surface area contributed by atoms with Crippen LogP contribution in [0.3, 0.4) is 0 Å². The van der Waals surface area contributed by atoms with Gasteiger partial charge in [-0.1, -0.05) is 88.6 Å². The van der Waals surface area contributed by atoms with E-state index in [9.17, 15) is 0 Å². The number of unbranched alkanes of at least 4 members (excludes halogenated alkanes) is 5. The van der Waals surface area contributed by atoms with E-state index in [1.54, 1.807) is 5.56 Å². The first kappa shape index (κ1) is 27.5. The van der Waals surface area contributed by atoms with Gasteiger partial charge in [-0.15, -0.1) is 0 Å². The normalized spacial score (nSPS) is 26.3. The van der Waals surface area contributed by atoms with Crippen LogP contribution >= 0.6 is 0 Å². The van der Waals surface area contributed by atoms with Gasteiger partial charge in [0, 0.05) is 0 Å². The Morgan fingerprint density at radius 2 is 1.42 bits per heavy atom. The van der Waals surface area contributed by atoms with Crippen LogP contribution in [0.5, 0.6) is 5.75 Å². The van der Waals surface area contributed by atoms with Crippen molar-refractivity contribution in [2.75, 3.05) is 6.61 Å². The van der Waals surface area contributed by atoms with Crippen molar-refractivity contribution in [1.82, 2.24) is 0 Å². The van der Waals surface area contributed by atoms with Gasteiger partial charge in [-0.3, -0.25) is 0 Å². The molecule has 0 N–H and O–H groups in total. The van der Waals surface area contributed by atoms with E-state index >= 15 is 0 Å². The van der Waals surface area contributed by atoms with E-state index in [2.05, 4.69) is 81.5 Å². The number of hydrogen-bond acceptors (Lipinski definition) is 1. The Bertz CT molecular complexity index is 990. The fourth-order valence-corrected chi connectivity index (χ4v) is 8.44. The zero-order chi connectivity index (χ0) is 26.4. The Hall–Kier alpha value is -2.02. The summed E-state index contributed by atoms with van der Waals surface area (Å²) in [6.45, 7) is 8.15. The molecule has 206 valence electrons. The topological polar surface area (TPSA) is 9.23 Å². The van der Waals surface area contributed by atoms with Crippen LogP contribution in [-0.2, 0) is 11.8 Å². The van der Waals surface area contributed by atoms with Crippen molar-refractivity contribution >= 4 is 6.08 Å². The molecule has 6 rings (SSSR count). The van der Waals surface area contributed by atoms with Gasteiger partial charge >= 0.3 is 0 Å². The average molecular weight is 513 g/mol. The highest BCUT2D eigenvalue weighted by molar-refractivity contribution is 5.50. The van der Waals surface area contributed by atoms with Crippen LogP contribution in [-0.4, -0.2) is 6.61 Å². The van der Waals surface area contributed by atoms with E-state index in [1.165, 1.54) is 94.6 Å². The van der Waals surface area contributed by atoms with Crippen LogP contribution in [0, 0.1) is 23.2 Å². The summed E-state index contributed by atoms with van der Waals surface area (Å²) >= 11 is 0. The number of aryl methyl sites for hydroxylation is 1. The number of allylic oxidation sites excluding steroid dienone is 1. The summed E-state index contributed by atoms with van der Waals surface area (Å²) in [7, 11) is 0. The third-order valence-electron chi connectivity index (χ3n) is 10.6. The molecule has 1 heteroatoms. The second-order valence-electron chi connectivity index (χ2n) is 13.6. The lowest BCUT2D eigenvalue weighted by atomic mass is 9.42. The van der Waals surface area contributed by atoms with Crippen molar-refractivity contribution in [3.63, 3.8) is 0 Å². The van der Waals surface area contributed by atoms with Crippen LogP contribution in [0.15, 0.2) is 54.6 Å². The molecule has 1 nitrogen and oxygen atoms in total. The largest absolute Gasteiger partial charge is 0.494 e. The summed E-state index contributed by atoms with van der Waals surface area (Å²) in [5.41, 5.74) is 5.25. The van der Waals surface area contributed by atoms with E-state index in [-0.39, 0.29) is 0 Å². The first-order valence-corrected chi connectivity index (χ1v) is 16.0. The average Bonchev–Trinajstić information content (AvgIpc) is 2.90. The third kappa shape index (κ3) is 6.40. The van der Waals surface area contributed by atoms with Crippen molar-refractivity contribution in [3.05, 3.63) is 71.3 Å². The number of hydrogen-bond donors (Lipinski definition) is 0. The monoisotopic (exact) mass is 512 g/mol. The van der Waals surface area contributed by atoms with E-state index in [1.807, 2.05) is 0 Å². The Balaban J connectivity index is 0.999. The third-order valence-corrected chi connectivity index (χ3v) is 10.6. The lowest BCUT2D eigenvalue weighted by Gasteiger charge is -2.62. The summed E-state index contributed by atoms with van der Waals surface area (Å²) in [4.78, 5) is 0. The molecule has 4 fully saturated rings. The first-order valence-electron chi connectivity index (χ1n) is 16.0. The predicted molar refractivity (Wildman–Crippen MR) is 163 cm³/mol. The highest BCUT2D eigenvalue weighted by Crippen LogP contribution is 2.66. The fraction of sp³-hybridized carbons (Fsp3) is 0.622. The van der Waals surface area contributed by atoms with Gasteiger partial charge in [-0.2, -0.15) is 0 Å². The molecule has 0 aliphatic heterocycles. The molecule has 2 aromatic carbocycles. The second kappa shape index (κ2) is 12.4. The van der Waals surface area contributed by atoms with Gasteiger partial charge in [0.2, 0.25) is 0 Å². The maximum absolute atomic E-state index is 5.75. The van der Waals surface area contributed by atoms with Gasteiger partial charge in [-0.05, 0) is 128 Å². The molecule has 0 saturated heterocycles. The highest BCUT2D eigenvalue weighted by atomic mass is 16.5. The van der Waals surface area contributed by atoms with Gasteiger partial charge in [0.25, 0.3) is 0 Å². The van der Waals surface area contributed by atoms with Crippen molar-refractivity contribution in [2.45, 2.75) is 116 Å². The first-order chi connectivity index (χ1) is 18.5. The predicted octanol–water partition coefficient (Wildman–Crippen LogP) is 10.6. The van der Waals surface area contributed by atoms with Gasteiger partial charge in [0.05, 0.1) is 6.61 Å². The Morgan fingerprint density at radius 1 is 0.789 bits per heavy atom. The van der Waals surface area contributed by atoms with Crippen LogP contribution in [0.25, 0.3) is 6.08 Å². The van der Waals surface area contributed by atoms with Gasteiger partial charge in [0.1, 0.15) is 5.75 Å². The molecule has 2 aromatic rings. The molecule has 4 aliphatic carbocycles. The van der Waals surface area contributed by atoms with Gasteiger partial charge in [0.15, 0.2) is 0 Å². The molecule has 0 radical (unpaired) electrons. The highest BCUT2D eigenvalue weighted by Gasteiger charge is 2.57. The van der Waals surface area contributed by atoms with Crippen LogP contribution < -0.4 is 4.74 Å². The number of benzene rings is 2. The number of ether oxygens (including phenoxy) is 1. The Kier molecular flexibility index (Phi) is 9.02. The minimum Gasteiger partial charge on any atom is -0.494 e. The van der Waals surface area contributed by atoms with Crippen LogP contribution in [0.4, 0.5) is 0 Å². The van der Waals surface area contributed by atoms with Crippen LogP contribution in [0.2, 0.25) is 0 Å². The Labute approximate surface area is 233 Å². The SMILES string of the molecule is CCCCOc1ccc(/C=C/CCCCCCc2ccc(C(C)(C)C34CC5CC(CC(C5)C3)C4)cc2)cc1. The standard InChI is InChI=1S/C37H52O/c1-4-5-22-38-35-20-16-30(17-21-35)13-11-9-7-6-8-10-12-29-14-18-34(19-15-29)36(2,3)37-26-31-23-32(27-37)25-33(24-31)28-37/h11,13-21,31-33H,4-10,12,22-28H2,1-3H3/b13-11+. The van der Waals surface area contributed by atoms with E-state index in [4.69, 9.17) is 4.74 Å². The summed E-state index contributed by atoms with van der Waals surface area (Å²) in [5.74, 6) is 4.06. The maximum Gasteiger partial charge on any atom is 0.119 e. The molecule has 4 bridgehead atoms. The van der Waals surface area contributed by atoms with Crippen molar-refractivity contribution in [3.8, 4) is 5.75 Å². The zero-order valence-corrected chi connectivity index (χ0v) is 24.5. The molecule has 0 spiro atoms. The molecule has 0 atom stereocenters. The van der Waals surface area contributed by atoms with Crippen LogP contribution in [0.1, 0.15) is 121 Å². The quantitative estimate of drug-likeness (QED) is 0.229. The molecule has 0 heterocycles. The molecule has 4 saturated carbocycles. The van der Waals surface area contributed by atoms with E-state index in [0.29, 0.717) is 10.8 Å². The van der Waals surface area contributed by atoms with E-state index < -0.39 is 0 Å². The molecule has 0 unspecified atom stereocenters. The van der Waals surface area contributed by atoms with Crippen molar-refractivity contribution < 1.29 is 4.74 Å². The van der Waals surface area contributed by atoms with Gasteiger partial charge < -0.3 is 4.74 Å². The number of rotatable bonds is 14. The molecular weight excluding hydrogens is 460 g/mol. The minimum atomic E-state index is 0.305. The smallest absolute Gasteiger partial charge is 0.119 e. The Morgan fingerprint density at radius 3 is 2.05 bits per heavy atom. The lowest BCUT2D eigenvalue weighted by molar-refractivity contribution is -0.0919. The molecule has 38 heavy (non-hydrogen) atoms.